The molecule has 1 aliphatic heterocycles. The van der Waals surface area contributed by atoms with Gasteiger partial charge in [0.15, 0.2) is 16.3 Å². The number of rotatable bonds is 6. The molecule has 0 saturated carbocycles. The molecule has 3 heterocycles. The third kappa shape index (κ3) is 4.11. The van der Waals surface area contributed by atoms with Crippen molar-refractivity contribution in [3.8, 4) is 11.5 Å². The Balaban J connectivity index is 1.97. The van der Waals surface area contributed by atoms with Gasteiger partial charge in [-0.1, -0.05) is 17.4 Å². The van der Waals surface area contributed by atoms with Crippen LogP contribution in [0.25, 0.3) is 6.08 Å². The van der Waals surface area contributed by atoms with E-state index in [0.29, 0.717) is 43.4 Å². The molecule has 0 aliphatic carbocycles. The largest absolute Gasteiger partial charge is 0.493 e. The summed E-state index contributed by atoms with van der Waals surface area (Å²) in [7, 11) is 3.08. The van der Waals surface area contributed by atoms with E-state index in [-0.39, 0.29) is 12.2 Å². The third-order valence-corrected chi connectivity index (χ3v) is 6.26. The van der Waals surface area contributed by atoms with E-state index in [1.165, 1.54) is 23.0 Å². The van der Waals surface area contributed by atoms with Crippen LogP contribution in [0.2, 0.25) is 0 Å². The Morgan fingerprint density at radius 1 is 1.18 bits per heavy atom. The molecule has 3 aromatic rings. The number of fused-ring (bicyclic) bond motifs is 1. The van der Waals surface area contributed by atoms with E-state index in [9.17, 15) is 9.59 Å². The smallest absolute Gasteiger partial charge is 0.338 e. The van der Waals surface area contributed by atoms with E-state index < -0.39 is 12.0 Å². The number of hydrogen-bond donors (Lipinski definition) is 0. The van der Waals surface area contributed by atoms with Crippen LogP contribution in [0.4, 0.5) is 0 Å². The summed E-state index contributed by atoms with van der Waals surface area (Å²) in [5.41, 5.74) is 1.19. The summed E-state index contributed by atoms with van der Waals surface area (Å²) in [6.45, 7) is 5.52. The Kier molecular flexibility index (Phi) is 6.24. The van der Waals surface area contributed by atoms with E-state index in [4.69, 9.17) is 18.6 Å². The molecule has 8 nitrogen and oxygen atoms in total. The zero-order valence-electron chi connectivity index (χ0n) is 19.0. The first kappa shape index (κ1) is 22.6. The summed E-state index contributed by atoms with van der Waals surface area (Å²) < 4.78 is 23.7. The van der Waals surface area contributed by atoms with Gasteiger partial charge in [-0.05, 0) is 50.6 Å². The number of benzene rings is 1. The average molecular weight is 469 g/mol. The topological polar surface area (TPSA) is 92.3 Å². The highest BCUT2D eigenvalue weighted by Gasteiger charge is 2.33. The standard InChI is InChI=1S/C24H24N2O6S/c1-6-31-23(28)20-14(3)25-24-26(21(20)15-8-10-17(29-4)18(11-15)30-5)22(27)19(33-24)12-16-9-7-13(2)32-16/h7-12,21H,6H2,1-5H3. The maximum Gasteiger partial charge on any atom is 0.338 e. The first-order valence-electron chi connectivity index (χ1n) is 10.4. The number of nitrogens with zero attached hydrogens (tertiary/aromatic N) is 2. The lowest BCUT2D eigenvalue weighted by molar-refractivity contribution is -0.139. The lowest BCUT2D eigenvalue weighted by Crippen LogP contribution is -2.39. The fourth-order valence-corrected chi connectivity index (χ4v) is 4.82. The fourth-order valence-electron chi connectivity index (χ4n) is 3.79. The number of esters is 1. The highest BCUT2D eigenvalue weighted by Crippen LogP contribution is 2.36. The SMILES string of the molecule is CCOC(=O)C1=C(C)N=c2sc(=Cc3ccc(C)o3)c(=O)n2C1c1ccc(OC)c(OC)c1. The molecule has 2 aromatic heterocycles. The predicted molar refractivity (Wildman–Crippen MR) is 123 cm³/mol. The van der Waals surface area contributed by atoms with Gasteiger partial charge in [0.25, 0.3) is 5.56 Å². The van der Waals surface area contributed by atoms with Crippen LogP contribution in [-0.4, -0.2) is 31.4 Å². The van der Waals surface area contributed by atoms with Crippen molar-refractivity contribution in [2.24, 2.45) is 4.99 Å². The van der Waals surface area contributed by atoms with E-state index in [1.54, 1.807) is 51.3 Å². The Morgan fingerprint density at radius 2 is 1.94 bits per heavy atom. The molecule has 1 unspecified atom stereocenters. The molecule has 9 heteroatoms. The molecule has 0 N–H and O–H groups in total. The van der Waals surface area contributed by atoms with Crippen molar-refractivity contribution in [3.63, 3.8) is 0 Å². The van der Waals surface area contributed by atoms with Crippen molar-refractivity contribution in [2.45, 2.75) is 26.8 Å². The van der Waals surface area contributed by atoms with Crippen molar-refractivity contribution in [1.29, 1.82) is 0 Å². The van der Waals surface area contributed by atoms with Crippen LogP contribution in [0, 0.1) is 6.92 Å². The molecule has 172 valence electrons. The Bertz CT molecular complexity index is 1430. The normalized spacial score (nSPS) is 15.8. The van der Waals surface area contributed by atoms with Crippen molar-refractivity contribution < 1.29 is 23.4 Å². The number of allylic oxidation sites excluding steroid dienone is 1. The molecule has 1 atom stereocenters. The maximum absolute atomic E-state index is 13.5. The van der Waals surface area contributed by atoms with Crippen LogP contribution in [0.3, 0.4) is 0 Å². The minimum Gasteiger partial charge on any atom is -0.493 e. The number of ether oxygens (including phenoxy) is 3. The number of hydrogen-bond acceptors (Lipinski definition) is 8. The monoisotopic (exact) mass is 468 g/mol. The first-order chi connectivity index (χ1) is 15.9. The molecule has 33 heavy (non-hydrogen) atoms. The zero-order chi connectivity index (χ0) is 23.7. The molecular weight excluding hydrogens is 444 g/mol. The number of carbonyl (C=O) groups is 1. The van der Waals surface area contributed by atoms with Crippen LogP contribution < -0.4 is 24.4 Å². The quantitative estimate of drug-likeness (QED) is 0.517. The van der Waals surface area contributed by atoms with Gasteiger partial charge in [-0.2, -0.15) is 0 Å². The first-order valence-corrected chi connectivity index (χ1v) is 11.2. The maximum atomic E-state index is 13.5. The second-order valence-corrected chi connectivity index (χ2v) is 8.37. The number of aryl methyl sites for hydroxylation is 1. The molecule has 1 aromatic carbocycles. The summed E-state index contributed by atoms with van der Waals surface area (Å²) in [6.07, 6.45) is 1.69. The van der Waals surface area contributed by atoms with Crippen LogP contribution in [0.15, 0.2) is 55.8 Å². The van der Waals surface area contributed by atoms with Gasteiger partial charge < -0.3 is 18.6 Å². The summed E-state index contributed by atoms with van der Waals surface area (Å²) >= 11 is 1.24. The lowest BCUT2D eigenvalue weighted by Gasteiger charge is -2.25. The second-order valence-electron chi connectivity index (χ2n) is 7.37. The highest BCUT2D eigenvalue weighted by molar-refractivity contribution is 7.07. The van der Waals surface area contributed by atoms with Gasteiger partial charge >= 0.3 is 5.97 Å². The molecule has 1 aliphatic rings. The molecule has 0 amide bonds. The summed E-state index contributed by atoms with van der Waals surface area (Å²) in [5, 5.41) is 0. The van der Waals surface area contributed by atoms with Crippen LogP contribution >= 0.6 is 11.3 Å². The summed E-state index contributed by atoms with van der Waals surface area (Å²) in [4.78, 5) is 31.5. The Hall–Kier alpha value is -3.59. The van der Waals surface area contributed by atoms with E-state index in [2.05, 4.69) is 4.99 Å². The molecule has 0 spiro atoms. The number of furan rings is 1. The third-order valence-electron chi connectivity index (χ3n) is 5.27. The van der Waals surface area contributed by atoms with E-state index in [1.807, 2.05) is 13.0 Å². The predicted octanol–water partition coefficient (Wildman–Crippen LogP) is 2.72. The molecule has 0 radical (unpaired) electrons. The van der Waals surface area contributed by atoms with Crippen LogP contribution in [0.5, 0.6) is 11.5 Å². The van der Waals surface area contributed by atoms with Gasteiger partial charge in [0.05, 0.1) is 42.7 Å². The summed E-state index contributed by atoms with van der Waals surface area (Å²) in [6, 6.07) is 8.20. The highest BCUT2D eigenvalue weighted by atomic mass is 32.1. The number of carbonyl (C=O) groups excluding carboxylic acids is 1. The van der Waals surface area contributed by atoms with Crippen molar-refractivity contribution in [3.05, 3.63) is 78.4 Å². The van der Waals surface area contributed by atoms with E-state index in [0.717, 1.165) is 5.76 Å². The van der Waals surface area contributed by atoms with Crippen molar-refractivity contribution >= 4 is 23.4 Å². The van der Waals surface area contributed by atoms with Gasteiger partial charge in [-0.15, -0.1) is 0 Å². The summed E-state index contributed by atoms with van der Waals surface area (Å²) in [5.74, 6) is 1.83. The molecule has 4 rings (SSSR count). The van der Waals surface area contributed by atoms with Gasteiger partial charge in [0.1, 0.15) is 11.5 Å². The van der Waals surface area contributed by atoms with Gasteiger partial charge in [0.2, 0.25) is 0 Å². The van der Waals surface area contributed by atoms with E-state index >= 15 is 0 Å². The van der Waals surface area contributed by atoms with Crippen molar-refractivity contribution in [2.75, 3.05) is 20.8 Å². The van der Waals surface area contributed by atoms with Crippen LogP contribution in [-0.2, 0) is 9.53 Å². The number of methoxy groups -OCH3 is 2. The minimum absolute atomic E-state index is 0.205. The van der Waals surface area contributed by atoms with Gasteiger partial charge in [-0.25, -0.2) is 9.79 Å². The van der Waals surface area contributed by atoms with Crippen molar-refractivity contribution in [1.82, 2.24) is 4.57 Å². The molecule has 0 fully saturated rings. The van der Waals surface area contributed by atoms with Gasteiger partial charge in [0, 0.05) is 6.08 Å². The molecule has 0 saturated heterocycles. The van der Waals surface area contributed by atoms with Crippen LogP contribution in [0.1, 0.15) is 37.0 Å². The molecule has 0 bridgehead atoms. The molecular formula is C24H24N2O6S. The lowest BCUT2D eigenvalue weighted by atomic mass is 9.95. The number of aromatic nitrogens is 1. The average Bonchev–Trinajstić information content (AvgIpc) is 3.34. The number of thiazole rings is 1. The zero-order valence-corrected chi connectivity index (χ0v) is 19.8. The fraction of sp³-hybridized carbons (Fsp3) is 0.292. The van der Waals surface area contributed by atoms with Gasteiger partial charge in [-0.3, -0.25) is 9.36 Å². The Labute approximate surface area is 194 Å². The Morgan fingerprint density at radius 3 is 2.58 bits per heavy atom. The minimum atomic E-state index is -0.736. The second kappa shape index (κ2) is 9.11.